The molecule has 0 N–H and O–H groups in total. The number of hydrogen-bond acceptors (Lipinski definition) is 2. The van der Waals surface area contributed by atoms with Gasteiger partial charge in [0.05, 0.1) is 13.2 Å². The average Bonchev–Trinajstić information content (AvgIpc) is 2.92. The van der Waals surface area contributed by atoms with E-state index in [-0.39, 0.29) is 17.1 Å². The number of ether oxygens (including phenoxy) is 2. The van der Waals surface area contributed by atoms with E-state index in [1.165, 1.54) is 6.07 Å². The fraction of sp³-hybridized carbons (Fsp3) is 0.375. The quantitative estimate of drug-likeness (QED) is 0.240. The van der Waals surface area contributed by atoms with Crippen molar-refractivity contribution in [1.82, 2.24) is 0 Å². The van der Waals surface area contributed by atoms with Crippen molar-refractivity contribution in [2.75, 3.05) is 13.2 Å². The SMILES string of the molecule is CCCCOc1ccc(-c2ccc(CCC3CC=C(c4ccc(OCC)c(F)c4)CC3)c(F)c2F)cc1. The van der Waals surface area contributed by atoms with Crippen LogP contribution in [0.5, 0.6) is 11.5 Å². The summed E-state index contributed by atoms with van der Waals surface area (Å²) >= 11 is 0. The molecule has 1 atom stereocenters. The van der Waals surface area contributed by atoms with E-state index in [1.807, 2.05) is 13.0 Å². The Morgan fingerprint density at radius 3 is 2.32 bits per heavy atom. The minimum absolute atomic E-state index is 0.259. The number of rotatable bonds is 11. The van der Waals surface area contributed by atoms with Crippen molar-refractivity contribution in [3.63, 3.8) is 0 Å². The van der Waals surface area contributed by atoms with Crippen LogP contribution in [0.25, 0.3) is 16.7 Å². The molecule has 196 valence electrons. The number of allylic oxidation sites excluding steroid dienone is 2. The van der Waals surface area contributed by atoms with Gasteiger partial charge in [0.2, 0.25) is 0 Å². The molecule has 3 aromatic rings. The van der Waals surface area contributed by atoms with Gasteiger partial charge < -0.3 is 9.47 Å². The van der Waals surface area contributed by atoms with Gasteiger partial charge in [0.1, 0.15) is 5.75 Å². The molecule has 0 heterocycles. The first-order chi connectivity index (χ1) is 18.0. The van der Waals surface area contributed by atoms with Crippen molar-refractivity contribution < 1.29 is 22.6 Å². The summed E-state index contributed by atoms with van der Waals surface area (Å²) in [6.45, 7) is 5.00. The van der Waals surface area contributed by atoms with Crippen LogP contribution in [0.4, 0.5) is 13.2 Å². The monoisotopic (exact) mass is 508 g/mol. The van der Waals surface area contributed by atoms with Gasteiger partial charge in [0, 0.05) is 5.56 Å². The Labute approximate surface area is 218 Å². The van der Waals surface area contributed by atoms with Crippen LogP contribution in [0.15, 0.2) is 60.7 Å². The van der Waals surface area contributed by atoms with Crippen molar-refractivity contribution in [2.45, 2.75) is 58.8 Å². The molecule has 0 saturated carbocycles. The highest BCUT2D eigenvalue weighted by Crippen LogP contribution is 2.35. The molecule has 0 saturated heterocycles. The molecule has 1 aliphatic rings. The summed E-state index contributed by atoms with van der Waals surface area (Å²) in [5.41, 5.74) is 3.30. The summed E-state index contributed by atoms with van der Waals surface area (Å²) in [6.07, 6.45) is 8.07. The summed E-state index contributed by atoms with van der Waals surface area (Å²) in [7, 11) is 0. The number of halogens is 3. The molecule has 1 unspecified atom stereocenters. The Balaban J connectivity index is 1.35. The lowest BCUT2D eigenvalue weighted by atomic mass is 9.83. The van der Waals surface area contributed by atoms with E-state index in [0.717, 1.165) is 55.4 Å². The first-order valence-electron chi connectivity index (χ1n) is 13.3. The predicted octanol–water partition coefficient (Wildman–Crippen LogP) is 9.16. The number of benzene rings is 3. The molecule has 0 spiro atoms. The number of aryl methyl sites for hydroxylation is 1. The molecule has 1 aliphatic carbocycles. The van der Waals surface area contributed by atoms with Crippen molar-refractivity contribution in [1.29, 1.82) is 0 Å². The summed E-state index contributed by atoms with van der Waals surface area (Å²) in [4.78, 5) is 0. The Bertz CT molecular complexity index is 1220. The normalized spacial score (nSPS) is 15.4. The zero-order chi connectivity index (χ0) is 26.2. The lowest BCUT2D eigenvalue weighted by molar-refractivity contribution is 0.309. The van der Waals surface area contributed by atoms with E-state index < -0.39 is 11.6 Å². The highest BCUT2D eigenvalue weighted by atomic mass is 19.2. The number of hydrogen-bond donors (Lipinski definition) is 0. The molecular formula is C32H35F3O2. The molecule has 5 heteroatoms. The summed E-state index contributed by atoms with van der Waals surface area (Å²) in [5.74, 6) is -0.530. The predicted molar refractivity (Wildman–Crippen MR) is 143 cm³/mol. The minimum atomic E-state index is -0.805. The third kappa shape index (κ3) is 6.76. The maximum atomic E-state index is 15.0. The van der Waals surface area contributed by atoms with Gasteiger partial charge in [-0.1, -0.05) is 49.8 Å². The number of unbranched alkanes of at least 4 members (excludes halogenated alkanes) is 1. The van der Waals surface area contributed by atoms with E-state index >= 15 is 0 Å². The van der Waals surface area contributed by atoms with Crippen molar-refractivity contribution >= 4 is 5.57 Å². The van der Waals surface area contributed by atoms with Crippen molar-refractivity contribution in [3.05, 3.63) is 89.3 Å². The van der Waals surface area contributed by atoms with E-state index in [0.29, 0.717) is 36.7 Å². The third-order valence-electron chi connectivity index (χ3n) is 7.04. The second kappa shape index (κ2) is 12.8. The van der Waals surface area contributed by atoms with Gasteiger partial charge in [-0.25, -0.2) is 13.2 Å². The summed E-state index contributed by atoms with van der Waals surface area (Å²) in [5, 5.41) is 0. The molecule has 0 amide bonds. The summed E-state index contributed by atoms with van der Waals surface area (Å²) in [6, 6.07) is 15.6. The van der Waals surface area contributed by atoms with Crippen LogP contribution in [0.2, 0.25) is 0 Å². The fourth-order valence-corrected chi connectivity index (χ4v) is 4.82. The van der Waals surface area contributed by atoms with Gasteiger partial charge in [-0.2, -0.15) is 0 Å². The Kier molecular flexibility index (Phi) is 9.32. The molecule has 0 aliphatic heterocycles. The largest absolute Gasteiger partial charge is 0.494 e. The Hall–Kier alpha value is -3.21. The Morgan fingerprint density at radius 1 is 0.865 bits per heavy atom. The van der Waals surface area contributed by atoms with Gasteiger partial charge in [-0.05, 0) is 97.9 Å². The zero-order valence-corrected chi connectivity index (χ0v) is 21.7. The molecular weight excluding hydrogens is 473 g/mol. The van der Waals surface area contributed by atoms with E-state index in [9.17, 15) is 13.2 Å². The van der Waals surface area contributed by atoms with Gasteiger partial charge in [0.25, 0.3) is 0 Å². The van der Waals surface area contributed by atoms with E-state index in [2.05, 4.69) is 13.0 Å². The lowest BCUT2D eigenvalue weighted by Gasteiger charge is -2.22. The first kappa shape index (κ1) is 26.8. The van der Waals surface area contributed by atoms with E-state index in [4.69, 9.17) is 9.47 Å². The van der Waals surface area contributed by atoms with Crippen molar-refractivity contribution in [3.8, 4) is 22.6 Å². The van der Waals surface area contributed by atoms with E-state index in [1.54, 1.807) is 42.5 Å². The summed E-state index contributed by atoms with van der Waals surface area (Å²) < 4.78 is 55.1. The smallest absolute Gasteiger partial charge is 0.166 e. The van der Waals surface area contributed by atoms with Crippen molar-refractivity contribution in [2.24, 2.45) is 5.92 Å². The highest BCUT2D eigenvalue weighted by Gasteiger charge is 2.19. The average molecular weight is 509 g/mol. The van der Waals surface area contributed by atoms with Crippen LogP contribution in [-0.2, 0) is 6.42 Å². The maximum Gasteiger partial charge on any atom is 0.166 e. The molecule has 2 nitrogen and oxygen atoms in total. The molecule has 0 fully saturated rings. The second-order valence-corrected chi connectivity index (χ2v) is 9.61. The lowest BCUT2D eigenvalue weighted by Crippen LogP contribution is -2.08. The fourth-order valence-electron chi connectivity index (χ4n) is 4.82. The molecule has 4 rings (SSSR count). The highest BCUT2D eigenvalue weighted by molar-refractivity contribution is 5.67. The first-order valence-corrected chi connectivity index (χ1v) is 13.3. The standard InChI is InChI=1S/C32H35F3O2/c1-3-5-20-37-27-16-12-24(13-17-27)28-18-14-25(31(34)32(28)35)11-8-22-6-9-23(10-7-22)26-15-19-30(36-4-2)29(33)21-26/h9,12-19,21-22H,3-8,10-11,20H2,1-2H3. The second-order valence-electron chi connectivity index (χ2n) is 9.61. The molecule has 37 heavy (non-hydrogen) atoms. The molecule has 0 bridgehead atoms. The van der Waals surface area contributed by atoms with Crippen LogP contribution in [0, 0.1) is 23.4 Å². The maximum absolute atomic E-state index is 15.0. The van der Waals surface area contributed by atoms with Crippen LogP contribution < -0.4 is 9.47 Å². The van der Waals surface area contributed by atoms with Gasteiger partial charge in [-0.3, -0.25) is 0 Å². The third-order valence-corrected chi connectivity index (χ3v) is 7.04. The zero-order valence-electron chi connectivity index (χ0n) is 21.7. The molecule has 3 aromatic carbocycles. The van der Waals surface area contributed by atoms with Gasteiger partial charge >= 0.3 is 0 Å². The topological polar surface area (TPSA) is 18.5 Å². The van der Waals surface area contributed by atoms with Crippen LogP contribution >= 0.6 is 0 Å². The Morgan fingerprint density at radius 2 is 1.65 bits per heavy atom. The minimum Gasteiger partial charge on any atom is -0.494 e. The molecule has 0 radical (unpaired) electrons. The van der Waals surface area contributed by atoms with Crippen LogP contribution in [-0.4, -0.2) is 13.2 Å². The molecule has 0 aromatic heterocycles. The van der Waals surface area contributed by atoms with Gasteiger partial charge in [-0.15, -0.1) is 0 Å². The van der Waals surface area contributed by atoms with Crippen LogP contribution in [0.1, 0.15) is 63.5 Å². The van der Waals surface area contributed by atoms with Crippen LogP contribution in [0.3, 0.4) is 0 Å². The van der Waals surface area contributed by atoms with Gasteiger partial charge in [0.15, 0.2) is 23.2 Å².